The van der Waals surface area contributed by atoms with Crippen molar-refractivity contribution in [2.75, 3.05) is 12.4 Å². The standard InChI is InChI=1S/C8H14BrClN2O/c1-6(9)7(2)12-5-8(13)11-4-3-10/h5-7H,3-4H2,1-2H3,(H,11,13)/t6?,7-/m1/s1. The van der Waals surface area contributed by atoms with Crippen molar-refractivity contribution < 1.29 is 4.79 Å². The summed E-state index contributed by atoms with van der Waals surface area (Å²) in [6.07, 6.45) is 1.30. The number of hydrogen-bond donors (Lipinski definition) is 1. The average Bonchev–Trinajstić information content (AvgIpc) is 2.10. The predicted octanol–water partition coefficient (Wildman–Crippen LogP) is 1.58. The van der Waals surface area contributed by atoms with E-state index in [1.165, 1.54) is 6.21 Å². The summed E-state index contributed by atoms with van der Waals surface area (Å²) in [5.41, 5.74) is 0. The molecule has 0 spiro atoms. The smallest absolute Gasteiger partial charge is 0.262 e. The topological polar surface area (TPSA) is 41.5 Å². The van der Waals surface area contributed by atoms with Gasteiger partial charge >= 0.3 is 0 Å². The molecule has 76 valence electrons. The number of aliphatic imine (C=N–C) groups is 1. The first-order valence-corrected chi connectivity index (χ1v) is 5.54. The number of amides is 1. The molecule has 1 N–H and O–H groups in total. The van der Waals surface area contributed by atoms with Crippen LogP contribution in [0.4, 0.5) is 0 Å². The Kier molecular flexibility index (Phi) is 7.28. The van der Waals surface area contributed by atoms with E-state index in [1.54, 1.807) is 0 Å². The van der Waals surface area contributed by atoms with E-state index in [1.807, 2.05) is 13.8 Å². The van der Waals surface area contributed by atoms with Crippen molar-refractivity contribution in [2.45, 2.75) is 24.7 Å². The highest BCUT2D eigenvalue weighted by Gasteiger charge is 2.05. The van der Waals surface area contributed by atoms with Crippen LogP contribution in [-0.4, -0.2) is 35.4 Å². The van der Waals surface area contributed by atoms with Gasteiger partial charge in [-0.3, -0.25) is 9.79 Å². The first-order chi connectivity index (χ1) is 6.07. The van der Waals surface area contributed by atoms with Crippen molar-refractivity contribution in [3.05, 3.63) is 0 Å². The molecular formula is C8H14BrClN2O. The fraction of sp³-hybridized carbons (Fsp3) is 0.750. The summed E-state index contributed by atoms with van der Waals surface area (Å²) in [5, 5.41) is 2.59. The predicted molar refractivity (Wildman–Crippen MR) is 60.1 cm³/mol. The van der Waals surface area contributed by atoms with E-state index >= 15 is 0 Å². The summed E-state index contributed by atoms with van der Waals surface area (Å²) in [7, 11) is 0. The van der Waals surface area contributed by atoms with Gasteiger partial charge in [-0.25, -0.2) is 0 Å². The summed E-state index contributed by atoms with van der Waals surface area (Å²) in [6, 6.07) is 0.0988. The number of carbonyl (C=O) groups is 1. The average molecular weight is 270 g/mol. The van der Waals surface area contributed by atoms with Crippen LogP contribution in [0.5, 0.6) is 0 Å². The highest BCUT2D eigenvalue weighted by molar-refractivity contribution is 9.09. The van der Waals surface area contributed by atoms with Crippen LogP contribution in [0.2, 0.25) is 0 Å². The Morgan fingerprint density at radius 1 is 1.69 bits per heavy atom. The van der Waals surface area contributed by atoms with Crippen LogP contribution in [0, 0.1) is 0 Å². The zero-order valence-electron chi connectivity index (χ0n) is 7.76. The highest BCUT2D eigenvalue weighted by Crippen LogP contribution is 2.06. The molecule has 1 amide bonds. The molecule has 0 aliphatic carbocycles. The number of nitrogens with one attached hydrogen (secondary N) is 1. The lowest BCUT2D eigenvalue weighted by molar-refractivity contribution is -0.114. The van der Waals surface area contributed by atoms with E-state index in [0.29, 0.717) is 12.4 Å². The minimum Gasteiger partial charge on any atom is -0.350 e. The number of rotatable bonds is 5. The van der Waals surface area contributed by atoms with E-state index in [2.05, 4.69) is 26.2 Å². The third-order valence-electron chi connectivity index (χ3n) is 1.49. The van der Waals surface area contributed by atoms with Gasteiger partial charge in [-0.2, -0.15) is 0 Å². The van der Waals surface area contributed by atoms with Crippen LogP contribution in [0.3, 0.4) is 0 Å². The number of halogens is 2. The Morgan fingerprint density at radius 2 is 2.31 bits per heavy atom. The van der Waals surface area contributed by atoms with Crippen molar-refractivity contribution >= 4 is 39.7 Å². The number of alkyl halides is 2. The number of carbonyl (C=O) groups excluding carboxylic acids is 1. The minimum absolute atomic E-state index is 0.0988. The van der Waals surface area contributed by atoms with Gasteiger partial charge in [0.25, 0.3) is 5.91 Å². The maximum absolute atomic E-state index is 11.0. The zero-order valence-corrected chi connectivity index (χ0v) is 10.1. The maximum Gasteiger partial charge on any atom is 0.262 e. The van der Waals surface area contributed by atoms with Crippen LogP contribution >= 0.6 is 27.5 Å². The van der Waals surface area contributed by atoms with Gasteiger partial charge in [-0.15, -0.1) is 11.6 Å². The van der Waals surface area contributed by atoms with Crippen LogP contribution < -0.4 is 5.32 Å². The second kappa shape index (κ2) is 7.33. The second-order valence-electron chi connectivity index (χ2n) is 2.68. The quantitative estimate of drug-likeness (QED) is 0.598. The molecule has 0 aromatic carbocycles. The molecule has 0 heterocycles. The Morgan fingerprint density at radius 3 is 2.77 bits per heavy atom. The Bertz CT molecular complexity index is 185. The highest BCUT2D eigenvalue weighted by atomic mass is 79.9. The Hall–Kier alpha value is -0.0900. The molecular weight excluding hydrogens is 255 g/mol. The van der Waals surface area contributed by atoms with Crippen LogP contribution in [-0.2, 0) is 4.79 Å². The molecule has 5 heteroatoms. The van der Waals surface area contributed by atoms with E-state index < -0.39 is 0 Å². The summed E-state index contributed by atoms with van der Waals surface area (Å²) < 4.78 is 0. The van der Waals surface area contributed by atoms with Gasteiger partial charge in [0, 0.05) is 17.3 Å². The third-order valence-corrected chi connectivity index (χ3v) is 2.44. The molecule has 0 aromatic heterocycles. The van der Waals surface area contributed by atoms with E-state index in [0.717, 1.165) is 0 Å². The molecule has 0 aliphatic heterocycles. The van der Waals surface area contributed by atoms with Gasteiger partial charge in [0.15, 0.2) is 0 Å². The lowest BCUT2D eigenvalue weighted by atomic mass is 10.3. The molecule has 13 heavy (non-hydrogen) atoms. The van der Waals surface area contributed by atoms with Gasteiger partial charge in [-0.1, -0.05) is 22.9 Å². The molecule has 0 fully saturated rings. The minimum atomic E-state index is -0.194. The summed E-state index contributed by atoms with van der Waals surface area (Å²) in [6.45, 7) is 4.40. The zero-order chi connectivity index (χ0) is 10.3. The largest absolute Gasteiger partial charge is 0.350 e. The van der Waals surface area contributed by atoms with Crippen molar-refractivity contribution in [2.24, 2.45) is 4.99 Å². The normalized spacial score (nSPS) is 15.7. The Labute approximate surface area is 92.1 Å². The molecule has 0 bridgehead atoms. The monoisotopic (exact) mass is 268 g/mol. The van der Waals surface area contributed by atoms with Crippen LogP contribution in [0.15, 0.2) is 4.99 Å². The van der Waals surface area contributed by atoms with Gasteiger partial charge in [-0.05, 0) is 6.92 Å². The third kappa shape index (κ3) is 7.02. The van der Waals surface area contributed by atoms with Gasteiger partial charge in [0.2, 0.25) is 0 Å². The van der Waals surface area contributed by atoms with Gasteiger partial charge < -0.3 is 5.32 Å². The van der Waals surface area contributed by atoms with Gasteiger partial charge in [0.1, 0.15) is 0 Å². The maximum atomic E-state index is 11.0. The number of hydrogen-bond acceptors (Lipinski definition) is 2. The summed E-state index contributed by atoms with van der Waals surface area (Å²) >= 11 is 8.77. The summed E-state index contributed by atoms with van der Waals surface area (Å²) in [4.78, 5) is 15.3. The number of nitrogens with zero attached hydrogens (tertiary/aromatic N) is 1. The lowest BCUT2D eigenvalue weighted by Crippen LogP contribution is -2.27. The van der Waals surface area contributed by atoms with Crippen LogP contribution in [0.25, 0.3) is 0 Å². The lowest BCUT2D eigenvalue weighted by Gasteiger charge is -2.07. The molecule has 1 unspecified atom stereocenters. The summed E-state index contributed by atoms with van der Waals surface area (Å²) in [5.74, 6) is 0.227. The second-order valence-corrected chi connectivity index (χ2v) is 4.50. The van der Waals surface area contributed by atoms with E-state index in [9.17, 15) is 4.79 Å². The van der Waals surface area contributed by atoms with Crippen molar-refractivity contribution in [1.29, 1.82) is 0 Å². The Balaban J connectivity index is 3.76. The first kappa shape index (κ1) is 12.9. The fourth-order valence-corrected chi connectivity index (χ4v) is 0.751. The SMILES string of the molecule is CC(Br)[C@@H](C)N=CC(=O)NCCCl. The van der Waals surface area contributed by atoms with Crippen LogP contribution in [0.1, 0.15) is 13.8 Å². The van der Waals surface area contributed by atoms with Crippen molar-refractivity contribution in [3.63, 3.8) is 0 Å². The molecule has 0 saturated carbocycles. The first-order valence-electron chi connectivity index (χ1n) is 4.09. The molecule has 0 aromatic rings. The van der Waals surface area contributed by atoms with Crippen molar-refractivity contribution in [1.82, 2.24) is 5.32 Å². The van der Waals surface area contributed by atoms with Crippen molar-refractivity contribution in [3.8, 4) is 0 Å². The molecule has 2 atom stereocenters. The molecule has 0 radical (unpaired) electrons. The fourth-order valence-electron chi connectivity index (χ4n) is 0.520. The molecule has 3 nitrogen and oxygen atoms in total. The molecule has 0 saturated heterocycles. The molecule has 0 aliphatic rings. The van der Waals surface area contributed by atoms with Gasteiger partial charge in [0.05, 0.1) is 12.3 Å². The van der Waals surface area contributed by atoms with E-state index in [4.69, 9.17) is 11.6 Å². The van der Waals surface area contributed by atoms with E-state index in [-0.39, 0.29) is 16.8 Å². The molecule has 0 rings (SSSR count).